The van der Waals surface area contributed by atoms with Gasteiger partial charge < -0.3 is 14.6 Å². The lowest BCUT2D eigenvalue weighted by atomic mass is 10.0. The SMILES string of the molecule is C=CCO[C@H](C(=O)N1C(=S)OC[C@@H]1Cc1ccccc1)[C@@H](O)CCC. The molecule has 2 rings (SSSR count). The predicted octanol–water partition coefficient (Wildman–Crippen LogP) is 2.47. The van der Waals surface area contributed by atoms with Crippen LogP contribution in [-0.4, -0.2) is 52.6 Å². The summed E-state index contributed by atoms with van der Waals surface area (Å²) < 4.78 is 11.0. The topological polar surface area (TPSA) is 59.0 Å². The van der Waals surface area contributed by atoms with Gasteiger partial charge in [0.05, 0.1) is 18.8 Å². The molecule has 0 unspecified atom stereocenters. The number of rotatable bonds is 9. The summed E-state index contributed by atoms with van der Waals surface area (Å²) in [6.07, 6.45) is 1.54. The molecule has 1 N–H and O–H groups in total. The summed E-state index contributed by atoms with van der Waals surface area (Å²) >= 11 is 5.22. The van der Waals surface area contributed by atoms with Crippen LogP contribution < -0.4 is 0 Å². The van der Waals surface area contributed by atoms with Crippen molar-refractivity contribution >= 4 is 23.3 Å². The fourth-order valence-electron chi connectivity index (χ4n) is 2.87. The molecule has 1 aromatic rings. The zero-order valence-corrected chi connectivity index (χ0v) is 15.3. The number of amides is 1. The van der Waals surface area contributed by atoms with Crippen LogP contribution in [-0.2, 0) is 20.7 Å². The van der Waals surface area contributed by atoms with Crippen molar-refractivity contribution in [2.45, 2.75) is 44.4 Å². The van der Waals surface area contributed by atoms with Crippen molar-refractivity contribution in [1.29, 1.82) is 0 Å². The number of carbonyl (C=O) groups excluding carboxylic acids is 1. The highest BCUT2D eigenvalue weighted by atomic mass is 32.1. The molecule has 1 aromatic carbocycles. The van der Waals surface area contributed by atoms with Gasteiger partial charge >= 0.3 is 0 Å². The van der Waals surface area contributed by atoms with Gasteiger partial charge in [-0.1, -0.05) is 49.8 Å². The lowest BCUT2D eigenvalue weighted by molar-refractivity contribution is -0.147. The van der Waals surface area contributed by atoms with Gasteiger partial charge in [0, 0.05) is 0 Å². The van der Waals surface area contributed by atoms with Crippen molar-refractivity contribution in [1.82, 2.24) is 4.90 Å². The average Bonchev–Trinajstić information content (AvgIpc) is 2.96. The van der Waals surface area contributed by atoms with Crippen molar-refractivity contribution in [2.75, 3.05) is 13.2 Å². The van der Waals surface area contributed by atoms with Crippen molar-refractivity contribution in [3.63, 3.8) is 0 Å². The molecule has 1 fully saturated rings. The van der Waals surface area contributed by atoms with E-state index in [2.05, 4.69) is 6.58 Å². The molecule has 1 saturated heterocycles. The van der Waals surface area contributed by atoms with E-state index in [4.69, 9.17) is 21.7 Å². The Bertz CT molecular complexity index is 592. The lowest BCUT2D eigenvalue weighted by Gasteiger charge is -2.28. The molecule has 0 radical (unpaired) electrons. The fourth-order valence-corrected chi connectivity index (χ4v) is 3.18. The minimum absolute atomic E-state index is 0.141. The van der Waals surface area contributed by atoms with E-state index >= 15 is 0 Å². The number of hydrogen-bond acceptors (Lipinski definition) is 5. The largest absolute Gasteiger partial charge is 0.468 e. The van der Waals surface area contributed by atoms with Gasteiger partial charge in [0.2, 0.25) is 0 Å². The van der Waals surface area contributed by atoms with Crippen LogP contribution in [0, 0.1) is 0 Å². The number of aliphatic hydroxyl groups excluding tert-OH is 1. The van der Waals surface area contributed by atoms with Crippen LogP contribution in [0.15, 0.2) is 43.0 Å². The lowest BCUT2D eigenvalue weighted by Crippen LogP contribution is -2.50. The Morgan fingerprint density at radius 3 is 2.88 bits per heavy atom. The number of hydrogen-bond donors (Lipinski definition) is 1. The summed E-state index contributed by atoms with van der Waals surface area (Å²) in [7, 11) is 0. The van der Waals surface area contributed by atoms with E-state index in [1.807, 2.05) is 37.3 Å². The Morgan fingerprint density at radius 1 is 1.52 bits per heavy atom. The van der Waals surface area contributed by atoms with Gasteiger partial charge in [0.15, 0.2) is 6.10 Å². The van der Waals surface area contributed by atoms with Gasteiger partial charge in [-0.3, -0.25) is 9.69 Å². The van der Waals surface area contributed by atoms with Crippen molar-refractivity contribution in [2.24, 2.45) is 0 Å². The molecule has 25 heavy (non-hydrogen) atoms. The average molecular weight is 363 g/mol. The summed E-state index contributed by atoms with van der Waals surface area (Å²) in [5.74, 6) is -0.355. The van der Waals surface area contributed by atoms with E-state index in [0.29, 0.717) is 19.4 Å². The minimum atomic E-state index is -0.976. The van der Waals surface area contributed by atoms with Gasteiger partial charge in [-0.05, 0) is 30.6 Å². The molecule has 3 atom stereocenters. The first-order chi connectivity index (χ1) is 12.1. The second kappa shape index (κ2) is 9.65. The molecule has 0 spiro atoms. The van der Waals surface area contributed by atoms with E-state index in [0.717, 1.165) is 12.0 Å². The van der Waals surface area contributed by atoms with Crippen LogP contribution in [0.4, 0.5) is 0 Å². The van der Waals surface area contributed by atoms with Gasteiger partial charge in [-0.2, -0.15) is 0 Å². The highest BCUT2D eigenvalue weighted by molar-refractivity contribution is 7.80. The third kappa shape index (κ3) is 5.11. The summed E-state index contributed by atoms with van der Waals surface area (Å²) in [5, 5.41) is 10.5. The smallest absolute Gasteiger partial charge is 0.266 e. The molecule has 1 aliphatic heterocycles. The second-order valence-corrected chi connectivity index (χ2v) is 6.38. The van der Waals surface area contributed by atoms with Crippen LogP contribution >= 0.6 is 12.2 Å². The van der Waals surface area contributed by atoms with Crippen LogP contribution in [0.1, 0.15) is 25.3 Å². The van der Waals surface area contributed by atoms with E-state index in [1.54, 1.807) is 6.08 Å². The van der Waals surface area contributed by atoms with Gasteiger partial charge in [-0.15, -0.1) is 6.58 Å². The molecule has 0 aromatic heterocycles. The number of ether oxygens (including phenoxy) is 2. The molecular weight excluding hydrogens is 338 g/mol. The number of nitrogens with zero attached hydrogens (tertiary/aromatic N) is 1. The zero-order chi connectivity index (χ0) is 18.2. The monoisotopic (exact) mass is 363 g/mol. The molecule has 1 heterocycles. The number of thiocarbonyl (C=S) groups is 1. The Labute approximate surface area is 154 Å². The fraction of sp³-hybridized carbons (Fsp3) is 0.474. The summed E-state index contributed by atoms with van der Waals surface area (Å²) in [6.45, 7) is 6.07. The number of benzene rings is 1. The zero-order valence-electron chi connectivity index (χ0n) is 14.5. The maximum atomic E-state index is 13.0. The molecule has 0 saturated carbocycles. The van der Waals surface area contributed by atoms with Gasteiger partial charge in [0.25, 0.3) is 11.1 Å². The third-order valence-electron chi connectivity index (χ3n) is 4.08. The highest BCUT2D eigenvalue weighted by Gasteiger charge is 2.41. The van der Waals surface area contributed by atoms with Crippen LogP contribution in [0.5, 0.6) is 0 Å². The number of carbonyl (C=O) groups is 1. The van der Waals surface area contributed by atoms with Gasteiger partial charge in [0.1, 0.15) is 6.61 Å². The molecular formula is C19H25NO4S. The van der Waals surface area contributed by atoms with E-state index in [9.17, 15) is 9.90 Å². The quantitative estimate of drug-likeness (QED) is 0.540. The second-order valence-electron chi connectivity index (χ2n) is 6.03. The summed E-state index contributed by atoms with van der Waals surface area (Å²) in [5.41, 5.74) is 1.09. The molecule has 5 nitrogen and oxygen atoms in total. The Balaban J connectivity index is 2.16. The van der Waals surface area contributed by atoms with Crippen LogP contribution in [0.3, 0.4) is 0 Å². The molecule has 0 aliphatic carbocycles. The molecule has 1 amide bonds. The third-order valence-corrected chi connectivity index (χ3v) is 4.40. The predicted molar refractivity (Wildman–Crippen MR) is 100 cm³/mol. The maximum Gasteiger partial charge on any atom is 0.266 e. The minimum Gasteiger partial charge on any atom is -0.468 e. The van der Waals surface area contributed by atoms with Gasteiger partial charge in [-0.25, -0.2) is 0 Å². The number of aliphatic hydroxyl groups is 1. The Hall–Kier alpha value is -1.76. The molecule has 6 heteroatoms. The van der Waals surface area contributed by atoms with Crippen molar-refractivity contribution < 1.29 is 19.4 Å². The van der Waals surface area contributed by atoms with Crippen LogP contribution in [0.25, 0.3) is 0 Å². The van der Waals surface area contributed by atoms with E-state index in [1.165, 1.54) is 4.90 Å². The molecule has 1 aliphatic rings. The standard InChI is InChI=1S/C19H25NO4S/c1-3-8-16(21)17(23-11-4-2)18(22)20-15(13-24-19(20)25)12-14-9-6-5-7-10-14/h4-7,9-10,15-17,21H,2-3,8,11-13H2,1H3/t15-,16-,17-/m0/s1. The van der Waals surface area contributed by atoms with E-state index in [-0.39, 0.29) is 23.7 Å². The van der Waals surface area contributed by atoms with Crippen molar-refractivity contribution in [3.8, 4) is 0 Å². The molecule has 0 bridgehead atoms. The summed E-state index contributed by atoms with van der Waals surface area (Å²) in [4.78, 5) is 14.5. The maximum absolute atomic E-state index is 13.0. The Morgan fingerprint density at radius 2 is 2.24 bits per heavy atom. The first kappa shape index (κ1) is 19.6. The molecule has 136 valence electrons. The first-order valence-electron chi connectivity index (χ1n) is 8.52. The normalized spacial score (nSPS) is 19.4. The van der Waals surface area contributed by atoms with Crippen molar-refractivity contribution in [3.05, 3.63) is 48.6 Å². The first-order valence-corrected chi connectivity index (χ1v) is 8.93. The van der Waals surface area contributed by atoms with Crippen LogP contribution in [0.2, 0.25) is 0 Å². The summed E-state index contributed by atoms with van der Waals surface area (Å²) in [6, 6.07) is 9.66. The Kier molecular flexibility index (Phi) is 7.55. The highest BCUT2D eigenvalue weighted by Crippen LogP contribution is 2.21. The van der Waals surface area contributed by atoms with E-state index < -0.39 is 12.2 Å².